The summed E-state index contributed by atoms with van der Waals surface area (Å²) < 4.78 is 22.8. The summed E-state index contributed by atoms with van der Waals surface area (Å²) in [6, 6.07) is 1.86. The molecule has 1 unspecified atom stereocenters. The van der Waals surface area contributed by atoms with Crippen molar-refractivity contribution in [1.82, 2.24) is 5.32 Å². The molecule has 6 heteroatoms. The summed E-state index contributed by atoms with van der Waals surface area (Å²) >= 11 is 0. The van der Waals surface area contributed by atoms with Gasteiger partial charge < -0.3 is 5.32 Å². The van der Waals surface area contributed by atoms with Crippen LogP contribution >= 0.6 is 0 Å². The summed E-state index contributed by atoms with van der Waals surface area (Å²) in [5, 5.41) is 10.9. The molecule has 1 N–H and O–H groups in total. The Morgan fingerprint density at radius 3 is 2.62 bits per heavy atom. The first kappa shape index (κ1) is 14.9. The molecular weight excluding hydrogens is 228 g/mol. The number of hydrogen-bond donors (Lipinski definition) is 1. The van der Waals surface area contributed by atoms with E-state index in [0.717, 1.165) is 6.42 Å². The van der Waals surface area contributed by atoms with Crippen molar-refractivity contribution in [3.05, 3.63) is 0 Å². The van der Waals surface area contributed by atoms with Crippen LogP contribution in [0.5, 0.6) is 0 Å². The molecule has 92 valence electrons. The van der Waals surface area contributed by atoms with Crippen LogP contribution in [0.15, 0.2) is 0 Å². The SMILES string of the molecule is CCC(C)NC(=O)CS(=O)(=O)CCCC#N. The van der Waals surface area contributed by atoms with E-state index < -0.39 is 21.5 Å². The lowest BCUT2D eigenvalue weighted by Gasteiger charge is -2.11. The summed E-state index contributed by atoms with van der Waals surface area (Å²) in [6.07, 6.45) is 1.25. The standard InChI is InChI=1S/C10H18N2O3S/c1-3-9(2)12-10(13)8-16(14,15)7-5-4-6-11/h9H,3-5,7-8H2,1-2H3,(H,12,13). The van der Waals surface area contributed by atoms with Crippen molar-refractivity contribution in [2.45, 2.75) is 39.2 Å². The second kappa shape index (κ2) is 7.23. The summed E-state index contributed by atoms with van der Waals surface area (Å²) in [6.45, 7) is 3.73. The Labute approximate surface area is 96.8 Å². The lowest BCUT2D eigenvalue weighted by Crippen LogP contribution is -2.36. The average molecular weight is 246 g/mol. The van der Waals surface area contributed by atoms with Gasteiger partial charge in [0.1, 0.15) is 5.75 Å². The van der Waals surface area contributed by atoms with Crippen molar-refractivity contribution < 1.29 is 13.2 Å². The summed E-state index contributed by atoms with van der Waals surface area (Å²) in [5.74, 6) is -1.05. The normalized spacial score (nSPS) is 12.8. The number of rotatable bonds is 7. The maximum atomic E-state index is 11.4. The highest BCUT2D eigenvalue weighted by Gasteiger charge is 2.17. The second-order valence-electron chi connectivity index (χ2n) is 3.73. The molecule has 0 saturated carbocycles. The van der Waals surface area contributed by atoms with E-state index in [0.29, 0.717) is 0 Å². The zero-order valence-corrected chi connectivity index (χ0v) is 10.5. The summed E-state index contributed by atoms with van der Waals surface area (Å²) in [5.41, 5.74) is 0. The predicted molar refractivity (Wildman–Crippen MR) is 61.4 cm³/mol. The Kier molecular flexibility index (Phi) is 6.74. The van der Waals surface area contributed by atoms with Crippen LogP contribution in [0.3, 0.4) is 0 Å². The largest absolute Gasteiger partial charge is 0.353 e. The molecule has 16 heavy (non-hydrogen) atoms. The van der Waals surface area contributed by atoms with Gasteiger partial charge in [0, 0.05) is 12.5 Å². The van der Waals surface area contributed by atoms with Crippen molar-refractivity contribution in [3.63, 3.8) is 0 Å². The molecule has 0 rings (SSSR count). The van der Waals surface area contributed by atoms with Crippen LogP contribution in [0.4, 0.5) is 0 Å². The topological polar surface area (TPSA) is 87.0 Å². The van der Waals surface area contributed by atoms with Crippen LogP contribution in [0.25, 0.3) is 0 Å². The van der Waals surface area contributed by atoms with E-state index in [1.54, 1.807) is 0 Å². The fourth-order valence-electron chi connectivity index (χ4n) is 1.06. The molecule has 1 amide bonds. The second-order valence-corrected chi connectivity index (χ2v) is 5.91. The zero-order chi connectivity index (χ0) is 12.6. The van der Waals surface area contributed by atoms with Gasteiger partial charge in [-0.25, -0.2) is 8.42 Å². The van der Waals surface area contributed by atoms with Gasteiger partial charge in [-0.1, -0.05) is 6.92 Å². The van der Waals surface area contributed by atoms with E-state index in [1.807, 2.05) is 19.9 Å². The van der Waals surface area contributed by atoms with Crippen molar-refractivity contribution in [2.24, 2.45) is 0 Å². The Morgan fingerprint density at radius 1 is 1.50 bits per heavy atom. The van der Waals surface area contributed by atoms with Gasteiger partial charge in [0.2, 0.25) is 5.91 Å². The average Bonchev–Trinajstić information content (AvgIpc) is 2.16. The minimum Gasteiger partial charge on any atom is -0.353 e. The van der Waals surface area contributed by atoms with Gasteiger partial charge in [-0.15, -0.1) is 0 Å². The van der Waals surface area contributed by atoms with Crippen molar-refractivity contribution >= 4 is 15.7 Å². The van der Waals surface area contributed by atoms with Gasteiger partial charge in [0.25, 0.3) is 0 Å². The number of unbranched alkanes of at least 4 members (excludes halogenated alkanes) is 1. The fraction of sp³-hybridized carbons (Fsp3) is 0.800. The molecule has 0 fully saturated rings. The number of carbonyl (C=O) groups excluding carboxylic acids is 1. The molecule has 1 atom stereocenters. The highest BCUT2D eigenvalue weighted by molar-refractivity contribution is 7.92. The molecule has 0 radical (unpaired) electrons. The van der Waals surface area contributed by atoms with Crippen LogP contribution in [0.1, 0.15) is 33.1 Å². The smallest absolute Gasteiger partial charge is 0.235 e. The molecule has 0 bridgehead atoms. The fourth-order valence-corrected chi connectivity index (χ4v) is 2.27. The molecule has 5 nitrogen and oxygen atoms in total. The molecule has 0 saturated heterocycles. The van der Waals surface area contributed by atoms with Gasteiger partial charge >= 0.3 is 0 Å². The Morgan fingerprint density at radius 2 is 2.12 bits per heavy atom. The number of carbonyl (C=O) groups is 1. The van der Waals surface area contributed by atoms with Gasteiger partial charge in [0.05, 0.1) is 11.8 Å². The van der Waals surface area contributed by atoms with Crippen molar-refractivity contribution in [1.29, 1.82) is 5.26 Å². The quantitative estimate of drug-likeness (QED) is 0.667. The monoisotopic (exact) mass is 246 g/mol. The Balaban J connectivity index is 4.07. The molecule has 0 aromatic carbocycles. The third-order valence-electron chi connectivity index (χ3n) is 2.11. The first-order valence-corrected chi connectivity index (χ1v) is 7.10. The van der Waals surface area contributed by atoms with Gasteiger partial charge in [-0.05, 0) is 19.8 Å². The van der Waals surface area contributed by atoms with Crippen LogP contribution in [-0.2, 0) is 14.6 Å². The van der Waals surface area contributed by atoms with Gasteiger partial charge in [-0.2, -0.15) is 5.26 Å². The zero-order valence-electron chi connectivity index (χ0n) is 9.69. The maximum absolute atomic E-state index is 11.4. The molecular formula is C10H18N2O3S. The van der Waals surface area contributed by atoms with Crippen LogP contribution < -0.4 is 5.32 Å². The molecule has 0 aliphatic heterocycles. The first-order chi connectivity index (χ1) is 7.41. The van der Waals surface area contributed by atoms with Crippen LogP contribution in [-0.4, -0.2) is 31.9 Å². The number of nitriles is 1. The number of amides is 1. The van der Waals surface area contributed by atoms with Crippen molar-refractivity contribution in [3.8, 4) is 6.07 Å². The van der Waals surface area contributed by atoms with E-state index in [1.165, 1.54) is 0 Å². The van der Waals surface area contributed by atoms with E-state index in [9.17, 15) is 13.2 Å². The first-order valence-electron chi connectivity index (χ1n) is 5.28. The van der Waals surface area contributed by atoms with Crippen LogP contribution in [0.2, 0.25) is 0 Å². The molecule has 0 aromatic rings. The lowest BCUT2D eigenvalue weighted by atomic mass is 10.3. The van der Waals surface area contributed by atoms with E-state index in [2.05, 4.69) is 5.32 Å². The van der Waals surface area contributed by atoms with E-state index in [-0.39, 0.29) is 24.6 Å². The molecule has 0 heterocycles. The number of sulfone groups is 1. The number of nitrogens with zero attached hydrogens (tertiary/aromatic N) is 1. The number of nitrogens with one attached hydrogen (secondary N) is 1. The molecule has 0 aromatic heterocycles. The highest BCUT2D eigenvalue weighted by Crippen LogP contribution is 1.98. The minimum absolute atomic E-state index is 0.0122. The highest BCUT2D eigenvalue weighted by atomic mass is 32.2. The van der Waals surface area contributed by atoms with Gasteiger partial charge in [-0.3, -0.25) is 4.79 Å². The minimum atomic E-state index is -3.37. The summed E-state index contributed by atoms with van der Waals surface area (Å²) in [4.78, 5) is 11.3. The molecule has 0 aliphatic carbocycles. The van der Waals surface area contributed by atoms with Gasteiger partial charge in [0.15, 0.2) is 9.84 Å². The number of hydrogen-bond acceptors (Lipinski definition) is 4. The van der Waals surface area contributed by atoms with E-state index in [4.69, 9.17) is 5.26 Å². The van der Waals surface area contributed by atoms with E-state index >= 15 is 0 Å². The third kappa shape index (κ3) is 7.23. The molecule has 0 aliphatic rings. The Hall–Kier alpha value is -1.09. The maximum Gasteiger partial charge on any atom is 0.235 e. The predicted octanol–water partition coefficient (Wildman–Crippen LogP) is 0.620. The molecule has 0 spiro atoms. The van der Waals surface area contributed by atoms with Crippen molar-refractivity contribution in [2.75, 3.05) is 11.5 Å². The summed E-state index contributed by atoms with van der Waals surface area (Å²) in [7, 11) is -3.37. The lowest BCUT2D eigenvalue weighted by molar-refractivity contribution is -0.119. The van der Waals surface area contributed by atoms with Crippen LogP contribution in [0, 0.1) is 11.3 Å². The third-order valence-corrected chi connectivity index (χ3v) is 3.73. The Bertz CT molecular complexity index is 357.